The van der Waals surface area contributed by atoms with Gasteiger partial charge in [-0.15, -0.1) is 35.3 Å². The molecule has 1 N–H and O–H groups in total. The molecule has 154 valence electrons. The van der Waals surface area contributed by atoms with Crippen molar-refractivity contribution in [2.24, 2.45) is 10.9 Å². The lowest BCUT2D eigenvalue weighted by molar-refractivity contribution is 0.0186. The van der Waals surface area contributed by atoms with E-state index in [0.29, 0.717) is 12.0 Å². The molecule has 2 aliphatic rings. The van der Waals surface area contributed by atoms with E-state index < -0.39 is 0 Å². The maximum absolute atomic E-state index is 5.54. The zero-order valence-electron chi connectivity index (χ0n) is 16.4. The number of nitrogens with zero attached hydrogens (tertiary/aromatic N) is 3. The number of ether oxygens (including phenoxy) is 2. The summed E-state index contributed by atoms with van der Waals surface area (Å²) >= 11 is 1.82. The first-order valence-corrected chi connectivity index (χ1v) is 10.6. The number of morpholine rings is 1. The van der Waals surface area contributed by atoms with E-state index in [1.165, 1.54) is 4.88 Å². The predicted octanol–water partition coefficient (Wildman–Crippen LogP) is 2.67. The van der Waals surface area contributed by atoms with Crippen LogP contribution in [0, 0.1) is 5.92 Å². The molecule has 2 unspecified atom stereocenters. The van der Waals surface area contributed by atoms with Crippen molar-refractivity contribution >= 4 is 41.3 Å². The fourth-order valence-corrected chi connectivity index (χ4v) is 4.45. The van der Waals surface area contributed by atoms with Crippen LogP contribution in [0.25, 0.3) is 0 Å². The average molecular weight is 508 g/mol. The summed E-state index contributed by atoms with van der Waals surface area (Å²) in [7, 11) is 2.13. The molecule has 2 atom stereocenters. The molecule has 2 fully saturated rings. The van der Waals surface area contributed by atoms with Gasteiger partial charge >= 0.3 is 0 Å². The Labute approximate surface area is 184 Å². The van der Waals surface area contributed by atoms with Crippen molar-refractivity contribution in [2.75, 3.05) is 66.2 Å². The van der Waals surface area contributed by atoms with E-state index in [1.54, 1.807) is 0 Å². The quantitative estimate of drug-likeness (QED) is 0.349. The van der Waals surface area contributed by atoms with E-state index in [1.807, 2.05) is 11.3 Å². The van der Waals surface area contributed by atoms with Gasteiger partial charge in [-0.25, -0.2) is 0 Å². The molecule has 0 radical (unpaired) electrons. The third kappa shape index (κ3) is 6.85. The summed E-state index contributed by atoms with van der Waals surface area (Å²) in [6.45, 7) is 10.1. The second kappa shape index (κ2) is 12.2. The second-order valence-corrected chi connectivity index (χ2v) is 7.96. The first kappa shape index (κ1) is 22.9. The van der Waals surface area contributed by atoms with Crippen LogP contribution >= 0.6 is 35.3 Å². The van der Waals surface area contributed by atoms with Crippen LogP contribution in [0.2, 0.25) is 0 Å². The van der Waals surface area contributed by atoms with Crippen molar-refractivity contribution in [1.29, 1.82) is 0 Å². The van der Waals surface area contributed by atoms with Gasteiger partial charge in [-0.2, -0.15) is 0 Å². The Hall–Kier alpha value is -0.420. The monoisotopic (exact) mass is 508 g/mol. The molecule has 0 aliphatic carbocycles. The van der Waals surface area contributed by atoms with Crippen molar-refractivity contribution in [3.63, 3.8) is 0 Å². The van der Waals surface area contributed by atoms with E-state index in [-0.39, 0.29) is 24.0 Å². The van der Waals surface area contributed by atoms with Gasteiger partial charge < -0.3 is 19.7 Å². The molecular weight excluding hydrogens is 475 g/mol. The predicted molar refractivity (Wildman–Crippen MR) is 122 cm³/mol. The van der Waals surface area contributed by atoms with Crippen molar-refractivity contribution in [3.8, 4) is 0 Å². The minimum atomic E-state index is 0. The van der Waals surface area contributed by atoms with Crippen LogP contribution in [0.4, 0.5) is 0 Å². The van der Waals surface area contributed by atoms with E-state index >= 15 is 0 Å². The van der Waals surface area contributed by atoms with Gasteiger partial charge in [0.05, 0.1) is 32.4 Å². The fourth-order valence-electron chi connectivity index (χ4n) is 3.60. The van der Waals surface area contributed by atoms with E-state index in [9.17, 15) is 0 Å². The van der Waals surface area contributed by atoms with Crippen LogP contribution in [0.3, 0.4) is 0 Å². The second-order valence-electron chi connectivity index (χ2n) is 6.98. The van der Waals surface area contributed by atoms with Gasteiger partial charge in [-0.1, -0.05) is 6.07 Å². The molecule has 0 saturated carbocycles. The highest BCUT2D eigenvalue weighted by Crippen LogP contribution is 2.26. The molecule has 8 heteroatoms. The lowest BCUT2D eigenvalue weighted by Crippen LogP contribution is -2.43. The third-order valence-electron chi connectivity index (χ3n) is 5.02. The molecule has 3 heterocycles. The van der Waals surface area contributed by atoms with E-state index in [2.05, 4.69) is 46.6 Å². The SMILES string of the molecule is CCNC(=NCC(c1cccs1)N1CCOCC1)N(C)CC1CCOC1.I. The van der Waals surface area contributed by atoms with Gasteiger partial charge in [0.25, 0.3) is 0 Å². The van der Waals surface area contributed by atoms with Gasteiger partial charge in [-0.05, 0) is 24.8 Å². The first-order valence-electron chi connectivity index (χ1n) is 9.70. The number of halogens is 1. The Kier molecular flexibility index (Phi) is 10.3. The van der Waals surface area contributed by atoms with Gasteiger partial charge in [0, 0.05) is 50.6 Å². The van der Waals surface area contributed by atoms with Crippen LogP contribution in [-0.4, -0.2) is 82.0 Å². The van der Waals surface area contributed by atoms with Gasteiger partial charge in [0.1, 0.15) is 0 Å². The smallest absolute Gasteiger partial charge is 0.193 e. The molecule has 0 spiro atoms. The van der Waals surface area contributed by atoms with Crippen LogP contribution in [-0.2, 0) is 9.47 Å². The fraction of sp³-hybridized carbons (Fsp3) is 0.737. The Bertz CT molecular complexity index is 546. The highest BCUT2D eigenvalue weighted by Gasteiger charge is 2.24. The zero-order valence-corrected chi connectivity index (χ0v) is 19.6. The number of hydrogen-bond acceptors (Lipinski definition) is 5. The summed E-state index contributed by atoms with van der Waals surface area (Å²) < 4.78 is 11.1. The van der Waals surface area contributed by atoms with Crippen LogP contribution in [0.15, 0.2) is 22.5 Å². The normalized spacial score (nSPS) is 22.3. The van der Waals surface area contributed by atoms with Crippen molar-refractivity contribution in [1.82, 2.24) is 15.1 Å². The van der Waals surface area contributed by atoms with Crippen molar-refractivity contribution in [2.45, 2.75) is 19.4 Å². The molecule has 0 bridgehead atoms. The van der Waals surface area contributed by atoms with Gasteiger partial charge in [0.15, 0.2) is 5.96 Å². The summed E-state index contributed by atoms with van der Waals surface area (Å²) in [5.74, 6) is 1.60. The van der Waals surface area contributed by atoms with Gasteiger partial charge in [-0.3, -0.25) is 9.89 Å². The molecule has 6 nitrogen and oxygen atoms in total. The Balaban J connectivity index is 0.00000261. The molecule has 0 aromatic carbocycles. The molecule has 1 aromatic rings. The minimum Gasteiger partial charge on any atom is -0.381 e. The number of aliphatic imine (C=N–C) groups is 1. The largest absolute Gasteiger partial charge is 0.381 e. The molecule has 0 amide bonds. The number of hydrogen-bond donors (Lipinski definition) is 1. The van der Waals surface area contributed by atoms with Crippen molar-refractivity contribution < 1.29 is 9.47 Å². The maximum Gasteiger partial charge on any atom is 0.193 e. The summed E-state index contributed by atoms with van der Waals surface area (Å²) in [5.41, 5.74) is 0. The molecule has 2 saturated heterocycles. The number of guanidine groups is 1. The highest BCUT2D eigenvalue weighted by atomic mass is 127. The molecular formula is C19H33IN4O2S. The van der Waals surface area contributed by atoms with E-state index in [4.69, 9.17) is 14.5 Å². The minimum absolute atomic E-state index is 0. The lowest BCUT2D eigenvalue weighted by atomic mass is 10.1. The summed E-state index contributed by atoms with van der Waals surface area (Å²) in [4.78, 5) is 11.2. The topological polar surface area (TPSA) is 49.3 Å². The maximum atomic E-state index is 5.54. The number of nitrogens with one attached hydrogen (secondary N) is 1. The summed E-state index contributed by atoms with van der Waals surface area (Å²) in [5, 5.41) is 5.61. The van der Waals surface area contributed by atoms with Crippen molar-refractivity contribution in [3.05, 3.63) is 22.4 Å². The van der Waals surface area contributed by atoms with Crippen LogP contribution < -0.4 is 5.32 Å². The lowest BCUT2D eigenvalue weighted by Gasteiger charge is -2.33. The van der Waals surface area contributed by atoms with Crippen LogP contribution in [0.5, 0.6) is 0 Å². The van der Waals surface area contributed by atoms with Gasteiger partial charge in [0.2, 0.25) is 0 Å². The molecule has 3 rings (SSSR count). The first-order chi connectivity index (χ1) is 12.8. The Morgan fingerprint density at radius 2 is 2.19 bits per heavy atom. The average Bonchev–Trinajstić information content (AvgIpc) is 3.36. The number of rotatable bonds is 7. The van der Waals surface area contributed by atoms with E-state index in [0.717, 1.165) is 71.5 Å². The van der Waals surface area contributed by atoms with Crippen LogP contribution in [0.1, 0.15) is 24.3 Å². The summed E-state index contributed by atoms with van der Waals surface area (Å²) in [6, 6.07) is 4.69. The standard InChI is InChI=1S/C19H32N4O2S.HI/c1-3-20-19(22(2)14-16-6-9-25-15-16)21-13-17(18-5-4-12-26-18)23-7-10-24-11-8-23;/h4-5,12,16-17H,3,6-11,13-15H2,1-2H3,(H,20,21);1H. The molecule has 1 aromatic heterocycles. The summed E-state index contributed by atoms with van der Waals surface area (Å²) in [6.07, 6.45) is 1.15. The molecule has 27 heavy (non-hydrogen) atoms. The Morgan fingerprint density at radius 1 is 1.37 bits per heavy atom. The zero-order chi connectivity index (χ0) is 18.2. The Morgan fingerprint density at radius 3 is 2.81 bits per heavy atom. The molecule has 2 aliphatic heterocycles. The third-order valence-corrected chi connectivity index (χ3v) is 6.00. The highest BCUT2D eigenvalue weighted by molar-refractivity contribution is 14.0. The number of thiophene rings is 1.